The van der Waals surface area contributed by atoms with Gasteiger partial charge in [0.25, 0.3) is 11.8 Å². The summed E-state index contributed by atoms with van der Waals surface area (Å²) in [5.74, 6) is -0.133. The fourth-order valence-corrected chi connectivity index (χ4v) is 3.76. The van der Waals surface area contributed by atoms with E-state index in [1.807, 2.05) is 0 Å². The van der Waals surface area contributed by atoms with Crippen LogP contribution in [-0.2, 0) is 19.4 Å². The maximum Gasteiger partial charge on any atom is 0.253 e. The van der Waals surface area contributed by atoms with Gasteiger partial charge in [-0.25, -0.2) is 8.42 Å². The molecule has 0 aliphatic carbocycles. The van der Waals surface area contributed by atoms with Gasteiger partial charge < -0.3 is 14.5 Å². The lowest BCUT2D eigenvalue weighted by Crippen LogP contribution is -2.52. The van der Waals surface area contributed by atoms with Crippen LogP contribution in [0.15, 0.2) is 29.2 Å². The smallest absolute Gasteiger partial charge is 0.253 e. The molecule has 1 aromatic rings. The monoisotopic (exact) mass is 366 g/mol. The molecule has 2 heterocycles. The van der Waals surface area contributed by atoms with E-state index in [1.54, 1.807) is 9.80 Å². The summed E-state index contributed by atoms with van der Waals surface area (Å²) in [6, 6.07) is 5.95. The van der Waals surface area contributed by atoms with Crippen LogP contribution >= 0.6 is 0 Å². The van der Waals surface area contributed by atoms with Gasteiger partial charge in [0, 0.05) is 44.6 Å². The van der Waals surface area contributed by atoms with Crippen molar-refractivity contribution < 1.29 is 22.7 Å². The summed E-state index contributed by atoms with van der Waals surface area (Å²) in [6.07, 6.45) is 2.49. The Hall–Kier alpha value is -1.93. The lowest BCUT2D eigenvalue weighted by Gasteiger charge is -2.35. The van der Waals surface area contributed by atoms with Gasteiger partial charge in [0.2, 0.25) is 0 Å². The molecule has 1 unspecified atom stereocenters. The van der Waals surface area contributed by atoms with Gasteiger partial charge in [-0.15, -0.1) is 0 Å². The lowest BCUT2D eigenvalue weighted by atomic mass is 10.1. The Morgan fingerprint density at radius 1 is 1.04 bits per heavy atom. The molecule has 0 bridgehead atoms. The second-order valence-electron chi connectivity index (χ2n) is 6.42. The largest absolute Gasteiger partial charge is 0.368 e. The zero-order valence-corrected chi connectivity index (χ0v) is 15.0. The number of amides is 2. The van der Waals surface area contributed by atoms with Crippen LogP contribution in [0.1, 0.15) is 23.2 Å². The first-order valence-corrected chi connectivity index (χ1v) is 10.3. The number of rotatable bonds is 3. The third kappa shape index (κ3) is 4.01. The van der Waals surface area contributed by atoms with E-state index in [0.29, 0.717) is 38.3 Å². The molecule has 8 heteroatoms. The number of carbonyl (C=O) groups is 2. The van der Waals surface area contributed by atoms with Crippen molar-refractivity contribution in [2.75, 3.05) is 39.0 Å². The quantitative estimate of drug-likeness (QED) is 0.780. The molecule has 0 radical (unpaired) electrons. The molecule has 25 heavy (non-hydrogen) atoms. The summed E-state index contributed by atoms with van der Waals surface area (Å²) in [6.45, 7) is 2.55. The highest BCUT2D eigenvalue weighted by Crippen LogP contribution is 2.17. The fourth-order valence-electron chi connectivity index (χ4n) is 3.13. The molecule has 1 atom stereocenters. The summed E-state index contributed by atoms with van der Waals surface area (Å²) in [7, 11) is -3.28. The van der Waals surface area contributed by atoms with Gasteiger partial charge in [-0.1, -0.05) is 0 Å². The summed E-state index contributed by atoms with van der Waals surface area (Å²) in [4.78, 5) is 28.5. The number of hydrogen-bond donors (Lipinski definition) is 0. The first-order valence-electron chi connectivity index (χ1n) is 8.36. The highest BCUT2D eigenvalue weighted by atomic mass is 32.2. The summed E-state index contributed by atoms with van der Waals surface area (Å²) in [5.41, 5.74) is 0.450. The van der Waals surface area contributed by atoms with E-state index in [1.165, 1.54) is 24.3 Å². The number of hydrogen-bond acceptors (Lipinski definition) is 5. The average molecular weight is 366 g/mol. The van der Waals surface area contributed by atoms with Crippen LogP contribution in [0.25, 0.3) is 0 Å². The summed E-state index contributed by atoms with van der Waals surface area (Å²) >= 11 is 0. The molecule has 0 spiro atoms. The van der Waals surface area contributed by atoms with Crippen LogP contribution in [0.5, 0.6) is 0 Å². The van der Waals surface area contributed by atoms with E-state index in [2.05, 4.69) is 0 Å². The Balaban J connectivity index is 1.59. The van der Waals surface area contributed by atoms with Gasteiger partial charge in [-0.2, -0.15) is 0 Å². The van der Waals surface area contributed by atoms with Crippen LogP contribution in [0, 0.1) is 0 Å². The molecule has 0 N–H and O–H groups in total. The Bertz CT molecular complexity index is 746. The van der Waals surface area contributed by atoms with E-state index < -0.39 is 9.84 Å². The van der Waals surface area contributed by atoms with Gasteiger partial charge in [0.15, 0.2) is 9.84 Å². The predicted octanol–water partition coefficient (Wildman–Crippen LogP) is 0.554. The van der Waals surface area contributed by atoms with Crippen molar-refractivity contribution in [3.63, 3.8) is 0 Å². The minimum Gasteiger partial charge on any atom is -0.368 e. The number of carbonyl (C=O) groups excluding carboxylic acids is 2. The molecule has 7 nitrogen and oxygen atoms in total. The number of ether oxygens (including phenoxy) is 1. The molecular weight excluding hydrogens is 344 g/mol. The zero-order chi connectivity index (χ0) is 18.0. The van der Waals surface area contributed by atoms with Gasteiger partial charge in [0.05, 0.1) is 4.90 Å². The van der Waals surface area contributed by atoms with Crippen molar-refractivity contribution in [1.82, 2.24) is 9.80 Å². The predicted molar refractivity (Wildman–Crippen MR) is 91.0 cm³/mol. The summed E-state index contributed by atoms with van der Waals surface area (Å²) in [5, 5.41) is 0. The molecular formula is C17H22N2O5S. The standard InChI is InChI=1S/C17H22N2O5S/c1-25(22,23)14-6-4-13(5-7-14)16(20)18-8-10-19(11-9-18)17(21)15-3-2-12-24-15/h4-7,15H,2-3,8-12H2,1H3. The Morgan fingerprint density at radius 2 is 1.64 bits per heavy atom. The minimum atomic E-state index is -3.28. The maximum atomic E-state index is 12.5. The topological polar surface area (TPSA) is 84.0 Å². The van der Waals surface area contributed by atoms with Crippen LogP contribution in [0.3, 0.4) is 0 Å². The highest BCUT2D eigenvalue weighted by Gasteiger charge is 2.31. The first-order chi connectivity index (χ1) is 11.9. The van der Waals surface area contributed by atoms with Crippen molar-refractivity contribution in [3.8, 4) is 0 Å². The molecule has 2 saturated heterocycles. The molecule has 136 valence electrons. The number of piperazine rings is 1. The third-order valence-electron chi connectivity index (χ3n) is 4.61. The van der Waals surface area contributed by atoms with Crippen LogP contribution in [-0.4, -0.2) is 75.2 Å². The minimum absolute atomic E-state index is 0.0158. The van der Waals surface area contributed by atoms with Crippen molar-refractivity contribution in [2.45, 2.75) is 23.8 Å². The highest BCUT2D eigenvalue weighted by molar-refractivity contribution is 7.90. The first kappa shape index (κ1) is 17.9. The second-order valence-corrected chi connectivity index (χ2v) is 8.43. The molecule has 0 aromatic heterocycles. The second kappa shape index (κ2) is 7.13. The molecule has 2 fully saturated rings. The Morgan fingerprint density at radius 3 is 2.16 bits per heavy atom. The molecule has 2 aliphatic heterocycles. The van der Waals surface area contributed by atoms with Gasteiger partial charge >= 0.3 is 0 Å². The Labute approximate surface area is 147 Å². The molecule has 0 saturated carbocycles. The van der Waals surface area contributed by atoms with E-state index in [-0.39, 0.29) is 22.8 Å². The van der Waals surface area contributed by atoms with Crippen molar-refractivity contribution in [2.24, 2.45) is 0 Å². The molecule has 2 amide bonds. The van der Waals surface area contributed by atoms with Gasteiger partial charge in [-0.3, -0.25) is 9.59 Å². The van der Waals surface area contributed by atoms with Crippen LogP contribution in [0.4, 0.5) is 0 Å². The summed E-state index contributed by atoms with van der Waals surface area (Å²) < 4.78 is 28.4. The van der Waals surface area contributed by atoms with E-state index in [9.17, 15) is 18.0 Å². The average Bonchev–Trinajstić information content (AvgIpc) is 3.14. The van der Waals surface area contributed by atoms with Crippen molar-refractivity contribution >= 4 is 21.7 Å². The number of sulfone groups is 1. The zero-order valence-electron chi connectivity index (χ0n) is 14.2. The third-order valence-corrected chi connectivity index (χ3v) is 5.74. The normalized spacial score (nSPS) is 21.4. The van der Waals surface area contributed by atoms with Crippen molar-refractivity contribution in [3.05, 3.63) is 29.8 Å². The van der Waals surface area contributed by atoms with Crippen LogP contribution < -0.4 is 0 Å². The fraction of sp³-hybridized carbons (Fsp3) is 0.529. The van der Waals surface area contributed by atoms with Crippen molar-refractivity contribution in [1.29, 1.82) is 0 Å². The van der Waals surface area contributed by atoms with E-state index in [4.69, 9.17) is 4.74 Å². The van der Waals surface area contributed by atoms with Gasteiger partial charge in [-0.05, 0) is 37.1 Å². The molecule has 1 aromatic carbocycles. The van der Waals surface area contributed by atoms with Gasteiger partial charge in [0.1, 0.15) is 6.10 Å². The number of benzene rings is 1. The van der Waals surface area contributed by atoms with E-state index >= 15 is 0 Å². The number of nitrogens with zero attached hydrogens (tertiary/aromatic N) is 2. The maximum absolute atomic E-state index is 12.5. The van der Waals surface area contributed by atoms with Crippen LogP contribution in [0.2, 0.25) is 0 Å². The molecule has 3 rings (SSSR count). The van der Waals surface area contributed by atoms with E-state index in [0.717, 1.165) is 19.1 Å². The molecule has 2 aliphatic rings. The lowest BCUT2D eigenvalue weighted by molar-refractivity contribution is -0.142. The SMILES string of the molecule is CS(=O)(=O)c1ccc(C(=O)N2CCN(C(=O)C3CCCO3)CC2)cc1. The Kier molecular flexibility index (Phi) is 5.10.